The van der Waals surface area contributed by atoms with Crippen LogP contribution in [-0.2, 0) is 20.1 Å². The third-order valence-electron chi connectivity index (χ3n) is 13.4. The van der Waals surface area contributed by atoms with Crippen molar-refractivity contribution in [2.75, 3.05) is 0 Å². The van der Waals surface area contributed by atoms with Crippen molar-refractivity contribution in [1.82, 2.24) is 15.0 Å². The Bertz CT molecular complexity index is 3660. The van der Waals surface area contributed by atoms with E-state index in [0.29, 0.717) is 16.7 Å². The van der Waals surface area contributed by atoms with E-state index >= 15 is 0 Å². The van der Waals surface area contributed by atoms with Gasteiger partial charge >= 0.3 is 20.1 Å². The summed E-state index contributed by atoms with van der Waals surface area (Å²) in [6, 6.07) is 87.3. The first-order valence-electron chi connectivity index (χ1n) is 26.0. The Morgan fingerprint density at radius 1 is 0.220 bits per heavy atom. The number of hydrogen-bond acceptors (Lipinski definition) is 9. The van der Waals surface area contributed by atoms with Gasteiger partial charge < -0.3 is 29.7 Å². The summed E-state index contributed by atoms with van der Waals surface area (Å²) in [4.78, 5) is 48.3. The second kappa shape index (κ2) is 26.9. The van der Waals surface area contributed by atoms with Gasteiger partial charge in [-0.15, -0.1) is 0 Å². The van der Waals surface area contributed by atoms with Crippen LogP contribution in [0.3, 0.4) is 0 Å². The Balaban J connectivity index is 0.000000147. The monoisotopic (exact) mass is 1240 g/mol. The Morgan fingerprint density at radius 3 is 0.524 bits per heavy atom. The van der Waals surface area contributed by atoms with E-state index in [9.17, 15) is 29.7 Å². The van der Waals surface area contributed by atoms with E-state index in [1.165, 1.54) is 0 Å². The minimum atomic E-state index is -1.29. The van der Waals surface area contributed by atoms with Gasteiger partial charge in [-0.3, -0.25) is 15.0 Å². The molecule has 0 amide bonds. The van der Waals surface area contributed by atoms with Crippen molar-refractivity contribution in [3.05, 3.63) is 309 Å². The molecule has 82 heavy (non-hydrogen) atoms. The number of pyridine rings is 3. The molecular weight excluding hydrogens is 1200 g/mol. The minimum Gasteiger partial charge on any atom is -0.543 e. The molecule has 0 unspecified atom stereocenters. The summed E-state index contributed by atoms with van der Waals surface area (Å²) in [5.74, 6) is -3.86. The van der Waals surface area contributed by atoms with Crippen LogP contribution in [0.1, 0.15) is 31.5 Å². The molecule has 0 saturated carbocycles. The van der Waals surface area contributed by atoms with Crippen LogP contribution in [0.5, 0.6) is 0 Å². The molecule has 0 aliphatic heterocycles. The Labute approximate surface area is 488 Å². The van der Waals surface area contributed by atoms with Crippen LogP contribution in [0.4, 0.5) is 0 Å². The molecule has 9 nitrogen and oxygen atoms in total. The van der Waals surface area contributed by atoms with Crippen LogP contribution in [0.25, 0.3) is 100 Å². The van der Waals surface area contributed by atoms with E-state index in [1.54, 1.807) is 18.6 Å². The Hall–Kier alpha value is -10.5. The zero-order chi connectivity index (χ0) is 55.9. The maximum atomic E-state index is 11.9. The number of aromatic carboxylic acids is 3. The van der Waals surface area contributed by atoms with E-state index in [4.69, 9.17) is 0 Å². The number of benzene rings is 9. The SMILES string of the molecule is O=C([O-])c1ncc(-c2ccccc2)c(-c2ccccc2)c1-c1ccccc1.O=C([O-])c1ncc(-c2ccccc2)c(-c2ccccc2)c1-c1ccccc1.O=C([O-])c1ncc(-c2ccccc2)c(-c2ccccc2)c1-c1ccccc1.[Ir+3]. The molecule has 0 radical (unpaired) electrons. The maximum absolute atomic E-state index is 11.9. The van der Waals surface area contributed by atoms with E-state index < -0.39 is 17.9 Å². The van der Waals surface area contributed by atoms with Gasteiger partial charge in [0, 0.05) is 68.7 Å². The Kier molecular flexibility index (Phi) is 18.4. The summed E-state index contributed by atoms with van der Waals surface area (Å²) in [7, 11) is 0. The van der Waals surface area contributed by atoms with E-state index in [1.807, 2.05) is 273 Å². The first-order valence-corrected chi connectivity index (χ1v) is 26.0. The molecule has 0 aliphatic carbocycles. The number of carbonyl (C=O) groups excluding carboxylic acids is 3. The third-order valence-corrected chi connectivity index (χ3v) is 13.4. The van der Waals surface area contributed by atoms with Gasteiger partial charge in [0.1, 0.15) is 0 Å². The van der Waals surface area contributed by atoms with Crippen LogP contribution in [0.2, 0.25) is 0 Å². The molecule has 0 spiro atoms. The quantitative estimate of drug-likeness (QED) is 0.116. The topological polar surface area (TPSA) is 159 Å². The molecule has 0 bridgehead atoms. The summed E-state index contributed by atoms with van der Waals surface area (Å²) >= 11 is 0. The zero-order valence-corrected chi connectivity index (χ0v) is 46.2. The molecule has 0 saturated heterocycles. The number of rotatable bonds is 12. The maximum Gasteiger partial charge on any atom is 3.00 e. The first-order chi connectivity index (χ1) is 39.8. The summed E-state index contributed by atoms with van der Waals surface area (Å²) in [6.07, 6.45) is 4.86. The molecular formula is C72H48IrN3O6. The Morgan fingerprint density at radius 2 is 0.366 bits per heavy atom. The van der Waals surface area contributed by atoms with Crippen LogP contribution >= 0.6 is 0 Å². The van der Waals surface area contributed by atoms with E-state index in [0.717, 1.165) is 83.5 Å². The molecule has 12 rings (SSSR count). The van der Waals surface area contributed by atoms with Crippen LogP contribution < -0.4 is 15.3 Å². The fourth-order valence-electron chi connectivity index (χ4n) is 9.88. The van der Waals surface area contributed by atoms with Crippen LogP contribution in [-0.4, -0.2) is 32.9 Å². The predicted molar refractivity (Wildman–Crippen MR) is 315 cm³/mol. The average molecular weight is 1240 g/mol. The van der Waals surface area contributed by atoms with Crippen molar-refractivity contribution >= 4 is 17.9 Å². The number of carboxylic acids is 3. The van der Waals surface area contributed by atoms with Gasteiger partial charge in [-0.05, 0) is 50.1 Å². The molecule has 0 aliphatic rings. The normalized spacial score (nSPS) is 10.4. The van der Waals surface area contributed by atoms with Crippen molar-refractivity contribution in [3.63, 3.8) is 0 Å². The second-order valence-electron chi connectivity index (χ2n) is 18.5. The summed E-state index contributed by atoms with van der Waals surface area (Å²) in [5, 5.41) is 35.6. The fraction of sp³-hybridized carbons (Fsp3) is 0. The van der Waals surface area contributed by atoms with Crippen molar-refractivity contribution in [2.24, 2.45) is 0 Å². The number of aromatic nitrogens is 3. The van der Waals surface area contributed by atoms with Crippen LogP contribution in [0, 0.1) is 0 Å². The smallest absolute Gasteiger partial charge is 0.543 e. The number of carbonyl (C=O) groups is 3. The van der Waals surface area contributed by atoms with Crippen molar-refractivity contribution in [3.8, 4) is 100 Å². The van der Waals surface area contributed by atoms with Crippen LogP contribution in [0.15, 0.2) is 292 Å². The summed E-state index contributed by atoms with van der Waals surface area (Å²) in [6.45, 7) is 0. The van der Waals surface area contributed by atoms with E-state index in [2.05, 4.69) is 15.0 Å². The van der Waals surface area contributed by atoms with Crippen molar-refractivity contribution < 1.29 is 49.8 Å². The molecule has 12 aromatic rings. The second-order valence-corrected chi connectivity index (χ2v) is 18.5. The fourth-order valence-corrected chi connectivity index (χ4v) is 9.88. The van der Waals surface area contributed by atoms with Gasteiger partial charge in [-0.1, -0.05) is 273 Å². The molecule has 3 heterocycles. The van der Waals surface area contributed by atoms with Gasteiger partial charge in [0.15, 0.2) is 0 Å². The molecule has 396 valence electrons. The third kappa shape index (κ3) is 12.7. The summed E-state index contributed by atoms with van der Waals surface area (Å²) < 4.78 is 0. The van der Waals surface area contributed by atoms with E-state index in [-0.39, 0.29) is 37.2 Å². The number of carboxylic acid groups (broad SMARTS) is 3. The predicted octanol–water partition coefficient (Wildman–Crippen LogP) is 13.3. The van der Waals surface area contributed by atoms with Gasteiger partial charge in [0.2, 0.25) is 0 Å². The van der Waals surface area contributed by atoms with Gasteiger partial charge in [0.25, 0.3) is 0 Å². The molecule has 9 aromatic carbocycles. The summed E-state index contributed by atoms with van der Waals surface area (Å²) in [5.41, 5.74) is 14.8. The van der Waals surface area contributed by atoms with Crippen molar-refractivity contribution in [2.45, 2.75) is 0 Å². The molecule has 0 atom stereocenters. The number of nitrogens with zero attached hydrogens (tertiary/aromatic N) is 3. The molecule has 10 heteroatoms. The molecule has 0 N–H and O–H groups in total. The number of hydrogen-bond donors (Lipinski definition) is 0. The molecule has 3 aromatic heterocycles. The molecule has 0 fully saturated rings. The van der Waals surface area contributed by atoms with Crippen molar-refractivity contribution in [1.29, 1.82) is 0 Å². The largest absolute Gasteiger partial charge is 3.00 e. The zero-order valence-electron chi connectivity index (χ0n) is 43.8. The first kappa shape index (κ1) is 56.2. The minimum absolute atomic E-state index is 0. The average Bonchev–Trinajstić information content (AvgIpc) is 3.64. The van der Waals surface area contributed by atoms with Gasteiger partial charge in [-0.25, -0.2) is 0 Å². The van der Waals surface area contributed by atoms with Gasteiger partial charge in [0.05, 0.1) is 35.0 Å². The van der Waals surface area contributed by atoms with Gasteiger partial charge in [-0.2, -0.15) is 0 Å². The standard InChI is InChI=1S/3C24H17NO2.Ir/c3*26-24(27)23-22(19-14-8-3-9-15-19)21(18-12-6-2-7-13-18)20(16-25-23)17-10-4-1-5-11-17;/h3*1-16H,(H,26,27);/q;;;+3/p-3.